The summed E-state index contributed by atoms with van der Waals surface area (Å²) < 4.78 is 5.34. The van der Waals surface area contributed by atoms with Crippen LogP contribution in [0, 0.1) is 5.92 Å². The van der Waals surface area contributed by atoms with E-state index in [1.807, 2.05) is 6.07 Å². The Balaban J connectivity index is 1.65. The van der Waals surface area contributed by atoms with Crippen molar-refractivity contribution in [2.75, 3.05) is 0 Å². The van der Waals surface area contributed by atoms with Crippen molar-refractivity contribution in [1.82, 2.24) is 5.32 Å². The lowest BCUT2D eigenvalue weighted by molar-refractivity contribution is 0.226. The average molecular weight is 221 g/mol. The highest BCUT2D eigenvalue weighted by molar-refractivity contribution is 4.98. The fraction of sp³-hybridized carbons (Fsp3) is 0.714. The van der Waals surface area contributed by atoms with E-state index in [-0.39, 0.29) is 0 Å². The summed E-state index contributed by atoms with van der Waals surface area (Å²) in [7, 11) is 0. The van der Waals surface area contributed by atoms with Crippen molar-refractivity contribution in [3.8, 4) is 0 Å². The first-order chi connectivity index (χ1) is 7.75. The molecule has 0 bridgehead atoms. The molecule has 16 heavy (non-hydrogen) atoms. The third-order valence-electron chi connectivity index (χ3n) is 3.81. The van der Waals surface area contributed by atoms with Crippen molar-refractivity contribution in [2.45, 2.75) is 58.0 Å². The molecule has 2 heteroatoms. The molecular formula is C14H23NO. The van der Waals surface area contributed by atoms with Crippen LogP contribution in [0.4, 0.5) is 0 Å². The van der Waals surface area contributed by atoms with Gasteiger partial charge in [-0.25, -0.2) is 0 Å². The smallest absolute Gasteiger partial charge is 0.103 e. The zero-order valence-corrected chi connectivity index (χ0v) is 10.4. The zero-order chi connectivity index (χ0) is 11.4. The topological polar surface area (TPSA) is 25.2 Å². The highest BCUT2D eigenvalue weighted by Crippen LogP contribution is 2.29. The molecule has 2 atom stereocenters. The van der Waals surface area contributed by atoms with Crippen molar-refractivity contribution in [3.05, 3.63) is 24.2 Å². The molecule has 2 unspecified atom stereocenters. The van der Waals surface area contributed by atoms with E-state index in [0.29, 0.717) is 12.1 Å². The van der Waals surface area contributed by atoms with Crippen LogP contribution >= 0.6 is 0 Å². The number of furan rings is 1. The monoisotopic (exact) mass is 221 g/mol. The van der Waals surface area contributed by atoms with E-state index < -0.39 is 0 Å². The minimum absolute atomic E-state index is 0.584. The van der Waals surface area contributed by atoms with E-state index in [1.165, 1.54) is 19.3 Å². The van der Waals surface area contributed by atoms with Crippen LogP contribution in [0.2, 0.25) is 0 Å². The minimum Gasteiger partial charge on any atom is -0.469 e. The molecule has 1 saturated carbocycles. The van der Waals surface area contributed by atoms with Gasteiger partial charge in [0, 0.05) is 18.5 Å². The van der Waals surface area contributed by atoms with E-state index in [9.17, 15) is 0 Å². The molecule has 0 amide bonds. The summed E-state index contributed by atoms with van der Waals surface area (Å²) in [6.45, 7) is 4.60. The van der Waals surface area contributed by atoms with Crippen molar-refractivity contribution in [1.29, 1.82) is 0 Å². The van der Waals surface area contributed by atoms with Crippen molar-refractivity contribution in [2.24, 2.45) is 5.92 Å². The first-order valence-corrected chi connectivity index (χ1v) is 6.54. The van der Waals surface area contributed by atoms with Gasteiger partial charge in [0.05, 0.1) is 6.26 Å². The van der Waals surface area contributed by atoms with Crippen LogP contribution in [0.3, 0.4) is 0 Å². The summed E-state index contributed by atoms with van der Waals surface area (Å²) in [5, 5.41) is 3.70. The lowest BCUT2D eigenvalue weighted by Crippen LogP contribution is -2.42. The van der Waals surface area contributed by atoms with Gasteiger partial charge in [0.15, 0.2) is 0 Å². The van der Waals surface area contributed by atoms with Gasteiger partial charge >= 0.3 is 0 Å². The van der Waals surface area contributed by atoms with Crippen molar-refractivity contribution >= 4 is 0 Å². The first-order valence-electron chi connectivity index (χ1n) is 6.54. The molecular weight excluding hydrogens is 198 g/mol. The number of hydrogen-bond donors (Lipinski definition) is 1. The van der Waals surface area contributed by atoms with Crippen LogP contribution in [-0.4, -0.2) is 12.1 Å². The van der Waals surface area contributed by atoms with E-state index in [4.69, 9.17) is 4.42 Å². The van der Waals surface area contributed by atoms with Gasteiger partial charge in [0.2, 0.25) is 0 Å². The van der Waals surface area contributed by atoms with Gasteiger partial charge in [-0.15, -0.1) is 0 Å². The van der Waals surface area contributed by atoms with Crippen molar-refractivity contribution in [3.63, 3.8) is 0 Å². The molecule has 0 aromatic carbocycles. The predicted molar refractivity (Wildman–Crippen MR) is 66.4 cm³/mol. The molecule has 1 fully saturated rings. The van der Waals surface area contributed by atoms with E-state index in [1.54, 1.807) is 6.26 Å². The summed E-state index contributed by atoms with van der Waals surface area (Å²) >= 11 is 0. The summed E-state index contributed by atoms with van der Waals surface area (Å²) in [6, 6.07) is 5.29. The molecule has 1 heterocycles. The molecule has 1 aromatic heterocycles. The fourth-order valence-corrected chi connectivity index (χ4v) is 2.42. The quantitative estimate of drug-likeness (QED) is 0.796. The minimum atomic E-state index is 0.584. The van der Waals surface area contributed by atoms with Crippen molar-refractivity contribution < 1.29 is 4.42 Å². The molecule has 1 aromatic rings. The Labute approximate surface area is 98.4 Å². The lowest BCUT2D eigenvalue weighted by atomic mass is 9.80. The van der Waals surface area contributed by atoms with Crippen LogP contribution in [0.1, 0.15) is 45.3 Å². The molecule has 0 spiro atoms. The molecule has 0 radical (unpaired) electrons. The Hall–Kier alpha value is -0.760. The Morgan fingerprint density at radius 3 is 2.81 bits per heavy atom. The van der Waals surface area contributed by atoms with Gasteiger partial charge in [-0.3, -0.25) is 0 Å². The Kier molecular flexibility index (Phi) is 4.05. The van der Waals surface area contributed by atoms with Crippen LogP contribution < -0.4 is 5.32 Å². The van der Waals surface area contributed by atoms with Gasteiger partial charge < -0.3 is 9.73 Å². The molecule has 1 aliphatic rings. The Morgan fingerprint density at radius 2 is 2.25 bits per heavy atom. The largest absolute Gasteiger partial charge is 0.469 e. The van der Waals surface area contributed by atoms with E-state index in [0.717, 1.165) is 24.5 Å². The lowest BCUT2D eigenvalue weighted by Gasteiger charge is -2.33. The van der Waals surface area contributed by atoms with Gasteiger partial charge in [0.25, 0.3) is 0 Å². The molecule has 1 aliphatic carbocycles. The molecule has 2 nitrogen and oxygen atoms in total. The molecule has 0 saturated heterocycles. The SMILES string of the molecule is CC(CCc1ccco1)NC(C)C1CCC1. The Morgan fingerprint density at radius 1 is 1.44 bits per heavy atom. The number of aryl methyl sites for hydroxylation is 1. The van der Waals surface area contributed by atoms with Crippen LogP contribution in [0.5, 0.6) is 0 Å². The van der Waals surface area contributed by atoms with Gasteiger partial charge in [-0.05, 0) is 51.2 Å². The molecule has 90 valence electrons. The summed E-state index contributed by atoms with van der Waals surface area (Å²) in [5.41, 5.74) is 0. The second kappa shape index (κ2) is 5.53. The third kappa shape index (κ3) is 3.11. The average Bonchev–Trinajstić information content (AvgIpc) is 2.63. The molecule has 0 aliphatic heterocycles. The van der Waals surface area contributed by atoms with Gasteiger partial charge in [0.1, 0.15) is 5.76 Å². The zero-order valence-electron chi connectivity index (χ0n) is 10.4. The summed E-state index contributed by atoms with van der Waals surface area (Å²) in [5.74, 6) is 2.02. The maximum absolute atomic E-state index is 5.34. The number of rotatable bonds is 6. The highest BCUT2D eigenvalue weighted by Gasteiger charge is 2.24. The van der Waals surface area contributed by atoms with Gasteiger partial charge in [-0.1, -0.05) is 6.42 Å². The Bertz CT molecular complexity index is 290. The third-order valence-corrected chi connectivity index (χ3v) is 3.81. The maximum atomic E-state index is 5.34. The van der Waals surface area contributed by atoms with E-state index in [2.05, 4.69) is 25.2 Å². The normalized spacial score (nSPS) is 20.4. The standard InChI is InChI=1S/C14H23NO/c1-11(8-9-14-7-4-10-16-14)15-12(2)13-5-3-6-13/h4,7,10-13,15H,3,5-6,8-9H2,1-2H3. The maximum Gasteiger partial charge on any atom is 0.103 e. The van der Waals surface area contributed by atoms with Crippen LogP contribution in [0.25, 0.3) is 0 Å². The van der Waals surface area contributed by atoms with Crippen LogP contribution in [-0.2, 0) is 6.42 Å². The molecule has 2 rings (SSSR count). The van der Waals surface area contributed by atoms with Crippen LogP contribution in [0.15, 0.2) is 22.8 Å². The summed E-state index contributed by atoms with van der Waals surface area (Å²) in [4.78, 5) is 0. The number of nitrogens with one attached hydrogen (secondary N) is 1. The summed E-state index contributed by atoms with van der Waals surface area (Å²) in [6.07, 6.45) is 8.21. The fourth-order valence-electron chi connectivity index (χ4n) is 2.42. The first kappa shape index (κ1) is 11.7. The second-order valence-corrected chi connectivity index (χ2v) is 5.17. The second-order valence-electron chi connectivity index (χ2n) is 5.17. The van der Waals surface area contributed by atoms with E-state index >= 15 is 0 Å². The highest BCUT2D eigenvalue weighted by atomic mass is 16.3. The van der Waals surface area contributed by atoms with Gasteiger partial charge in [-0.2, -0.15) is 0 Å². The predicted octanol–water partition coefficient (Wildman–Crippen LogP) is 3.38. The molecule has 1 N–H and O–H groups in total. The number of hydrogen-bond acceptors (Lipinski definition) is 2.